The molecule has 0 spiro atoms. The van der Waals surface area contributed by atoms with E-state index in [1.54, 1.807) is 6.08 Å². The predicted octanol–water partition coefficient (Wildman–Crippen LogP) is 3.07. The molecule has 1 aromatic carbocycles. The molecule has 2 heteroatoms. The van der Waals surface area contributed by atoms with Crippen molar-refractivity contribution >= 4 is 0 Å². The van der Waals surface area contributed by atoms with E-state index in [0.29, 0.717) is 5.56 Å². The number of rotatable bonds is 2. The van der Waals surface area contributed by atoms with Gasteiger partial charge in [-0.3, -0.25) is 0 Å². The highest BCUT2D eigenvalue weighted by molar-refractivity contribution is 5.25. The SMILES string of the molecule is [CH2]C(C=C)c1ccc(F)c(F)c1. The zero-order valence-corrected chi connectivity index (χ0v) is 6.56. The summed E-state index contributed by atoms with van der Waals surface area (Å²) in [5.74, 6) is -1.88. The van der Waals surface area contributed by atoms with E-state index in [9.17, 15) is 8.78 Å². The summed E-state index contributed by atoms with van der Waals surface area (Å²) in [5.41, 5.74) is 0.629. The number of hydrogen-bond donors (Lipinski definition) is 0. The monoisotopic (exact) mass is 167 g/mol. The van der Waals surface area contributed by atoms with Crippen molar-refractivity contribution in [3.05, 3.63) is 55.0 Å². The van der Waals surface area contributed by atoms with Crippen LogP contribution in [0.4, 0.5) is 8.78 Å². The minimum atomic E-state index is -0.844. The number of halogens is 2. The van der Waals surface area contributed by atoms with Crippen LogP contribution >= 0.6 is 0 Å². The van der Waals surface area contributed by atoms with Gasteiger partial charge in [-0.2, -0.15) is 0 Å². The Hall–Kier alpha value is -1.18. The van der Waals surface area contributed by atoms with Crippen molar-refractivity contribution in [1.82, 2.24) is 0 Å². The molecular formula is C10H9F2. The van der Waals surface area contributed by atoms with Crippen LogP contribution in [0.15, 0.2) is 30.9 Å². The summed E-state index contributed by atoms with van der Waals surface area (Å²) in [7, 11) is 0. The van der Waals surface area contributed by atoms with E-state index >= 15 is 0 Å². The third kappa shape index (κ3) is 1.70. The van der Waals surface area contributed by atoms with Gasteiger partial charge in [0.15, 0.2) is 11.6 Å². The van der Waals surface area contributed by atoms with E-state index in [2.05, 4.69) is 13.5 Å². The maximum absolute atomic E-state index is 12.6. The Morgan fingerprint density at radius 2 is 1.92 bits per heavy atom. The van der Waals surface area contributed by atoms with Crippen molar-refractivity contribution in [3.8, 4) is 0 Å². The van der Waals surface area contributed by atoms with Crippen LogP contribution in [0.25, 0.3) is 0 Å². The first-order chi connectivity index (χ1) is 5.65. The molecule has 63 valence electrons. The Balaban J connectivity index is 3.04. The summed E-state index contributed by atoms with van der Waals surface area (Å²) in [4.78, 5) is 0. The third-order valence-electron chi connectivity index (χ3n) is 1.66. The highest BCUT2D eigenvalue weighted by Crippen LogP contribution is 2.17. The highest BCUT2D eigenvalue weighted by Gasteiger charge is 2.05. The maximum Gasteiger partial charge on any atom is 0.159 e. The molecule has 1 radical (unpaired) electrons. The Morgan fingerprint density at radius 1 is 1.25 bits per heavy atom. The van der Waals surface area contributed by atoms with Crippen LogP contribution in [0, 0.1) is 18.6 Å². The second-order valence-electron chi connectivity index (χ2n) is 2.52. The number of allylic oxidation sites excluding steroid dienone is 1. The number of benzene rings is 1. The van der Waals surface area contributed by atoms with Gasteiger partial charge < -0.3 is 0 Å². The summed E-state index contributed by atoms with van der Waals surface area (Å²) in [6.45, 7) is 7.20. The first-order valence-electron chi connectivity index (χ1n) is 3.55. The summed E-state index contributed by atoms with van der Waals surface area (Å²) in [5, 5.41) is 0. The fourth-order valence-electron chi connectivity index (χ4n) is 0.879. The zero-order valence-electron chi connectivity index (χ0n) is 6.56. The molecule has 0 aromatic heterocycles. The van der Waals surface area contributed by atoms with Crippen molar-refractivity contribution in [1.29, 1.82) is 0 Å². The predicted molar refractivity (Wildman–Crippen MR) is 44.7 cm³/mol. The molecule has 12 heavy (non-hydrogen) atoms. The van der Waals surface area contributed by atoms with E-state index in [1.807, 2.05) is 0 Å². The molecule has 0 aliphatic carbocycles. The van der Waals surface area contributed by atoms with Crippen LogP contribution in [0.1, 0.15) is 11.5 Å². The molecule has 0 heterocycles. The van der Waals surface area contributed by atoms with Gasteiger partial charge in [-0.15, -0.1) is 6.58 Å². The fourth-order valence-corrected chi connectivity index (χ4v) is 0.879. The van der Waals surface area contributed by atoms with Gasteiger partial charge in [0.2, 0.25) is 0 Å². The minimum Gasteiger partial charge on any atom is -0.204 e. The van der Waals surface area contributed by atoms with Gasteiger partial charge in [-0.1, -0.05) is 12.1 Å². The molecule has 0 bridgehead atoms. The summed E-state index contributed by atoms with van der Waals surface area (Å²) in [6, 6.07) is 3.72. The van der Waals surface area contributed by atoms with Crippen LogP contribution in [0.2, 0.25) is 0 Å². The zero-order chi connectivity index (χ0) is 9.14. The third-order valence-corrected chi connectivity index (χ3v) is 1.66. The van der Waals surface area contributed by atoms with E-state index in [-0.39, 0.29) is 5.92 Å². The van der Waals surface area contributed by atoms with Crippen LogP contribution in [0.5, 0.6) is 0 Å². The molecule has 0 fully saturated rings. The molecule has 0 aliphatic heterocycles. The van der Waals surface area contributed by atoms with Gasteiger partial charge in [0, 0.05) is 5.92 Å². The van der Waals surface area contributed by atoms with Gasteiger partial charge in [-0.05, 0) is 24.6 Å². The van der Waals surface area contributed by atoms with Gasteiger partial charge in [-0.25, -0.2) is 8.78 Å². The minimum absolute atomic E-state index is 0.194. The van der Waals surface area contributed by atoms with Gasteiger partial charge >= 0.3 is 0 Å². The van der Waals surface area contributed by atoms with Gasteiger partial charge in [0.05, 0.1) is 0 Å². The Bertz CT molecular complexity index is 292. The standard InChI is InChI=1S/C10H9F2/c1-3-7(2)8-4-5-9(11)10(12)6-8/h3-7H,1-2H2. The lowest BCUT2D eigenvalue weighted by Crippen LogP contribution is -1.92. The lowest BCUT2D eigenvalue weighted by Gasteiger charge is -2.05. The van der Waals surface area contributed by atoms with Crippen molar-refractivity contribution < 1.29 is 8.78 Å². The van der Waals surface area contributed by atoms with Crippen molar-refractivity contribution in [2.75, 3.05) is 0 Å². The molecule has 1 atom stereocenters. The topological polar surface area (TPSA) is 0 Å². The molecule has 1 rings (SSSR count). The quantitative estimate of drug-likeness (QED) is 0.594. The lowest BCUT2D eigenvalue weighted by molar-refractivity contribution is 0.507. The largest absolute Gasteiger partial charge is 0.204 e. The Kier molecular flexibility index (Phi) is 2.58. The number of hydrogen-bond acceptors (Lipinski definition) is 0. The normalized spacial score (nSPS) is 12.6. The molecular weight excluding hydrogens is 158 g/mol. The van der Waals surface area contributed by atoms with E-state index in [4.69, 9.17) is 0 Å². The smallest absolute Gasteiger partial charge is 0.159 e. The Morgan fingerprint density at radius 3 is 2.42 bits per heavy atom. The van der Waals surface area contributed by atoms with Crippen LogP contribution in [0.3, 0.4) is 0 Å². The average molecular weight is 167 g/mol. The fraction of sp³-hybridized carbons (Fsp3) is 0.100. The van der Waals surface area contributed by atoms with Crippen molar-refractivity contribution in [2.45, 2.75) is 5.92 Å². The molecule has 0 nitrogen and oxygen atoms in total. The Labute approximate surface area is 70.5 Å². The van der Waals surface area contributed by atoms with Gasteiger partial charge in [0.25, 0.3) is 0 Å². The first kappa shape index (κ1) is 8.91. The molecule has 0 amide bonds. The van der Waals surface area contributed by atoms with E-state index in [0.717, 1.165) is 12.1 Å². The summed E-state index contributed by atoms with van der Waals surface area (Å²) < 4.78 is 25.1. The molecule has 0 saturated carbocycles. The van der Waals surface area contributed by atoms with Crippen LogP contribution in [-0.4, -0.2) is 0 Å². The van der Waals surface area contributed by atoms with Gasteiger partial charge in [0.1, 0.15) is 0 Å². The molecule has 1 aromatic rings. The van der Waals surface area contributed by atoms with E-state index in [1.165, 1.54) is 6.07 Å². The first-order valence-corrected chi connectivity index (χ1v) is 3.55. The van der Waals surface area contributed by atoms with Crippen LogP contribution in [-0.2, 0) is 0 Å². The molecule has 0 saturated heterocycles. The van der Waals surface area contributed by atoms with Crippen molar-refractivity contribution in [2.24, 2.45) is 0 Å². The van der Waals surface area contributed by atoms with Crippen molar-refractivity contribution in [3.63, 3.8) is 0 Å². The van der Waals surface area contributed by atoms with Crippen LogP contribution < -0.4 is 0 Å². The summed E-state index contributed by atoms with van der Waals surface area (Å²) >= 11 is 0. The molecule has 0 aliphatic rings. The second-order valence-corrected chi connectivity index (χ2v) is 2.52. The second kappa shape index (κ2) is 3.48. The maximum atomic E-state index is 12.6. The average Bonchev–Trinajstić information content (AvgIpc) is 2.08. The molecule has 0 N–H and O–H groups in total. The molecule has 1 unspecified atom stereocenters. The highest BCUT2D eigenvalue weighted by atomic mass is 19.2. The summed E-state index contributed by atoms with van der Waals surface area (Å²) in [6.07, 6.45) is 1.58. The van der Waals surface area contributed by atoms with E-state index < -0.39 is 11.6 Å². The lowest BCUT2D eigenvalue weighted by atomic mass is 10.0.